The first-order valence-electron chi connectivity index (χ1n) is 6.76. The highest BCUT2D eigenvalue weighted by molar-refractivity contribution is 6.67. The lowest BCUT2D eigenvalue weighted by atomic mass is 10.0. The lowest BCUT2D eigenvalue weighted by molar-refractivity contribution is 0.107. The van der Waals surface area contributed by atoms with Crippen LogP contribution in [-0.2, 0) is 0 Å². The van der Waals surface area contributed by atoms with E-state index in [4.69, 9.17) is 16.3 Å². The van der Waals surface area contributed by atoms with Gasteiger partial charge >= 0.3 is 0 Å². The number of rotatable bonds is 4. The topological polar surface area (TPSA) is 44.1 Å². The number of hydrogen-bond acceptors (Lipinski definition) is 3. The van der Waals surface area contributed by atoms with Gasteiger partial charge in [-0.2, -0.15) is 0 Å². The van der Waals surface area contributed by atoms with Crippen molar-refractivity contribution in [3.63, 3.8) is 0 Å². The Balaban J connectivity index is 2.06. The number of benzene rings is 2. The molecule has 0 aliphatic carbocycles. The van der Waals surface area contributed by atoms with Crippen LogP contribution in [0.25, 0.3) is 16.8 Å². The van der Waals surface area contributed by atoms with Crippen molar-refractivity contribution < 1.29 is 13.9 Å². The van der Waals surface area contributed by atoms with E-state index in [2.05, 4.69) is 4.98 Å². The van der Waals surface area contributed by atoms with Gasteiger partial charge in [-0.3, -0.25) is 4.79 Å². The molecule has 2 aromatic carbocycles. The monoisotopic (exact) mass is 330 g/mol. The fourth-order valence-electron chi connectivity index (χ4n) is 2.31. The van der Waals surface area contributed by atoms with Crippen molar-refractivity contribution in [2.45, 2.75) is 0 Å². The van der Waals surface area contributed by atoms with Crippen LogP contribution >= 0.6 is 11.6 Å². The molecule has 1 aromatic heterocycles. The van der Waals surface area contributed by atoms with Crippen LogP contribution in [0.2, 0.25) is 0 Å². The van der Waals surface area contributed by atoms with Crippen LogP contribution in [-0.4, -0.2) is 21.9 Å². The highest BCUT2D eigenvalue weighted by Gasteiger charge is 2.10. The van der Waals surface area contributed by atoms with E-state index in [-0.39, 0.29) is 11.5 Å². The zero-order valence-corrected chi connectivity index (χ0v) is 12.9. The number of carbonyl (C=O) groups excluding carboxylic acids is 1. The molecule has 0 aliphatic rings. The minimum atomic E-state index is -0.619. The van der Waals surface area contributed by atoms with E-state index in [1.165, 1.54) is 31.8 Å². The second-order valence-corrected chi connectivity index (χ2v) is 5.18. The van der Waals surface area contributed by atoms with Gasteiger partial charge in [0.05, 0.1) is 7.11 Å². The number of methoxy groups -OCH3 is 1. The smallest absolute Gasteiger partial charge is 0.272 e. The van der Waals surface area contributed by atoms with Crippen LogP contribution in [0.1, 0.15) is 10.5 Å². The van der Waals surface area contributed by atoms with Crippen LogP contribution in [0.3, 0.4) is 0 Å². The Morgan fingerprint density at radius 3 is 2.78 bits per heavy atom. The Labute approximate surface area is 137 Å². The number of ether oxygens (including phenoxy) is 1. The molecular weight excluding hydrogens is 319 g/mol. The summed E-state index contributed by atoms with van der Waals surface area (Å²) in [7, 11) is 1.54. The molecule has 0 N–H and O–H groups in total. The first-order valence-corrected chi connectivity index (χ1v) is 7.14. The average Bonchev–Trinajstić information content (AvgIpc) is 3.05. The first kappa shape index (κ1) is 15.2. The molecule has 0 aliphatic heterocycles. The maximum absolute atomic E-state index is 13.6. The van der Waals surface area contributed by atoms with Gasteiger partial charge in [0.25, 0.3) is 5.24 Å². The molecule has 116 valence electrons. The molecule has 0 saturated carbocycles. The van der Waals surface area contributed by atoms with Gasteiger partial charge in [-0.1, -0.05) is 12.1 Å². The minimum Gasteiger partial charge on any atom is -0.496 e. The van der Waals surface area contributed by atoms with E-state index in [1.54, 1.807) is 10.6 Å². The summed E-state index contributed by atoms with van der Waals surface area (Å²) in [6.07, 6.45) is 3.04. The normalized spacial score (nSPS) is 10.6. The maximum atomic E-state index is 13.6. The molecule has 0 radical (unpaired) electrons. The predicted molar refractivity (Wildman–Crippen MR) is 85.7 cm³/mol. The standard InChI is InChI=1S/C17H12ClFN2O2/c1-23-16-6-5-12(19)8-14(16)11-3-2-4-13(7-11)21-9-15(17(18)22)20-10-21/h2-10H,1H3. The summed E-state index contributed by atoms with van der Waals surface area (Å²) < 4.78 is 20.5. The summed E-state index contributed by atoms with van der Waals surface area (Å²) in [5.41, 5.74) is 2.36. The third kappa shape index (κ3) is 3.10. The molecule has 0 unspecified atom stereocenters. The summed E-state index contributed by atoms with van der Waals surface area (Å²) in [4.78, 5) is 15.1. The maximum Gasteiger partial charge on any atom is 0.272 e. The van der Waals surface area contributed by atoms with E-state index in [9.17, 15) is 9.18 Å². The second kappa shape index (κ2) is 6.22. The van der Waals surface area contributed by atoms with Crippen molar-refractivity contribution in [3.8, 4) is 22.6 Å². The fourth-order valence-corrected chi connectivity index (χ4v) is 2.40. The molecule has 23 heavy (non-hydrogen) atoms. The third-order valence-electron chi connectivity index (χ3n) is 3.40. The van der Waals surface area contributed by atoms with Gasteiger partial charge in [0.15, 0.2) is 0 Å². The molecule has 3 aromatic rings. The Morgan fingerprint density at radius 1 is 1.26 bits per heavy atom. The summed E-state index contributed by atoms with van der Waals surface area (Å²) in [6, 6.07) is 11.7. The van der Waals surface area contributed by atoms with E-state index >= 15 is 0 Å². The van der Waals surface area contributed by atoms with Crippen molar-refractivity contribution in [1.82, 2.24) is 9.55 Å². The van der Waals surface area contributed by atoms with Crippen molar-refractivity contribution >= 4 is 16.8 Å². The quantitative estimate of drug-likeness (QED) is 0.677. The molecule has 4 nitrogen and oxygen atoms in total. The van der Waals surface area contributed by atoms with Gasteiger partial charge in [-0.05, 0) is 47.5 Å². The fraction of sp³-hybridized carbons (Fsp3) is 0.0588. The van der Waals surface area contributed by atoms with Crippen LogP contribution in [0.5, 0.6) is 5.75 Å². The van der Waals surface area contributed by atoms with Gasteiger partial charge in [0, 0.05) is 17.4 Å². The molecule has 1 heterocycles. The summed E-state index contributed by atoms with van der Waals surface area (Å²) in [6.45, 7) is 0. The molecule has 3 rings (SSSR count). The summed E-state index contributed by atoms with van der Waals surface area (Å²) in [5, 5.41) is -0.619. The van der Waals surface area contributed by atoms with Crippen LogP contribution in [0, 0.1) is 5.82 Å². The summed E-state index contributed by atoms with van der Waals surface area (Å²) in [5.74, 6) is 0.231. The largest absolute Gasteiger partial charge is 0.496 e. The molecule has 0 bridgehead atoms. The van der Waals surface area contributed by atoms with Crippen molar-refractivity contribution in [1.29, 1.82) is 0 Å². The number of nitrogens with zero attached hydrogens (tertiary/aromatic N) is 2. The van der Waals surface area contributed by atoms with E-state index in [0.717, 1.165) is 11.3 Å². The molecule has 6 heteroatoms. The van der Waals surface area contributed by atoms with Crippen LogP contribution < -0.4 is 4.74 Å². The number of aromatic nitrogens is 2. The first-order chi connectivity index (χ1) is 11.1. The van der Waals surface area contributed by atoms with Crippen molar-refractivity contribution in [2.24, 2.45) is 0 Å². The average molecular weight is 331 g/mol. The number of carbonyl (C=O) groups is 1. The van der Waals surface area contributed by atoms with Crippen molar-refractivity contribution in [3.05, 3.63) is 66.5 Å². The van der Waals surface area contributed by atoms with E-state index < -0.39 is 5.24 Å². The Hall–Kier alpha value is -2.66. The third-order valence-corrected chi connectivity index (χ3v) is 3.59. The predicted octanol–water partition coefficient (Wildman–Crippen LogP) is 4.07. The zero-order valence-electron chi connectivity index (χ0n) is 12.2. The van der Waals surface area contributed by atoms with Gasteiger partial charge in [0.1, 0.15) is 23.6 Å². The Morgan fingerprint density at radius 2 is 2.09 bits per heavy atom. The van der Waals surface area contributed by atoms with Gasteiger partial charge < -0.3 is 9.30 Å². The highest BCUT2D eigenvalue weighted by atomic mass is 35.5. The van der Waals surface area contributed by atoms with Gasteiger partial charge in [-0.15, -0.1) is 0 Å². The number of imidazole rings is 1. The van der Waals surface area contributed by atoms with Gasteiger partial charge in [0.2, 0.25) is 0 Å². The molecule has 0 fully saturated rings. The van der Waals surface area contributed by atoms with E-state index in [0.29, 0.717) is 11.3 Å². The number of halogens is 2. The zero-order chi connectivity index (χ0) is 16.4. The van der Waals surface area contributed by atoms with Crippen LogP contribution in [0.15, 0.2) is 55.0 Å². The number of hydrogen-bond donors (Lipinski definition) is 0. The summed E-state index contributed by atoms with van der Waals surface area (Å²) >= 11 is 5.42. The lowest BCUT2D eigenvalue weighted by Gasteiger charge is -2.10. The lowest BCUT2D eigenvalue weighted by Crippen LogP contribution is -1.93. The second-order valence-electron chi connectivity index (χ2n) is 4.83. The van der Waals surface area contributed by atoms with Crippen molar-refractivity contribution in [2.75, 3.05) is 7.11 Å². The molecular formula is C17H12ClFN2O2. The molecule has 0 saturated heterocycles. The van der Waals surface area contributed by atoms with Crippen LogP contribution in [0.4, 0.5) is 4.39 Å². The SMILES string of the molecule is COc1ccc(F)cc1-c1cccc(-n2cnc(C(=O)Cl)c2)c1. The Bertz CT molecular complexity index is 877. The molecule has 0 amide bonds. The van der Waals surface area contributed by atoms with E-state index in [1.807, 2.05) is 24.3 Å². The highest BCUT2D eigenvalue weighted by Crippen LogP contribution is 2.31. The Kier molecular flexibility index (Phi) is 4.12. The molecule has 0 atom stereocenters. The van der Waals surface area contributed by atoms with Gasteiger partial charge in [-0.25, -0.2) is 9.37 Å². The minimum absolute atomic E-state index is 0.167. The molecule has 0 spiro atoms.